The van der Waals surface area contributed by atoms with E-state index in [2.05, 4.69) is 0 Å². The molecular weight excluding hydrogens is 265 g/mol. The van der Waals surface area contributed by atoms with E-state index < -0.39 is 12.6 Å². The molecule has 1 aromatic carbocycles. The molecule has 6 heteroatoms. The minimum atomic E-state index is -4.20. The number of anilines is 1. The van der Waals surface area contributed by atoms with Crippen LogP contribution in [-0.4, -0.2) is 19.8 Å². The van der Waals surface area contributed by atoms with Crippen molar-refractivity contribution in [3.05, 3.63) is 29.3 Å². The number of nitrogens with zero attached hydrogens (tertiary/aromatic N) is 2. The van der Waals surface area contributed by atoms with Crippen molar-refractivity contribution < 1.29 is 13.2 Å². The van der Waals surface area contributed by atoms with Gasteiger partial charge in [-0.3, -0.25) is 0 Å². The highest BCUT2D eigenvalue weighted by Gasteiger charge is 2.27. The third kappa shape index (κ3) is 4.11. The van der Waals surface area contributed by atoms with Crippen LogP contribution in [0, 0.1) is 11.3 Å². The van der Waals surface area contributed by atoms with Crippen molar-refractivity contribution in [3.8, 4) is 6.07 Å². The first-order valence-electron chi connectivity index (χ1n) is 5.24. The van der Waals surface area contributed by atoms with Crippen LogP contribution in [0.2, 0.25) is 0 Å². The van der Waals surface area contributed by atoms with E-state index in [-0.39, 0.29) is 12.4 Å². The molecule has 0 radical (unpaired) electrons. The Hall–Kier alpha value is -1.41. The maximum atomic E-state index is 12.1. The standard InChI is InChI=1S/C12H12ClF3N2/c1-18(5-4-12(14,15)16)11-3-2-9(7-13)6-10(11)8-17/h2-3,6H,4-5,7H2,1H3. The van der Waals surface area contributed by atoms with Crippen molar-refractivity contribution >= 4 is 17.3 Å². The molecule has 0 atom stereocenters. The summed E-state index contributed by atoms with van der Waals surface area (Å²) in [7, 11) is 1.53. The van der Waals surface area contributed by atoms with Gasteiger partial charge in [-0.1, -0.05) is 6.07 Å². The first-order valence-corrected chi connectivity index (χ1v) is 5.77. The molecule has 0 aliphatic rings. The highest BCUT2D eigenvalue weighted by Crippen LogP contribution is 2.24. The van der Waals surface area contributed by atoms with Gasteiger partial charge in [0, 0.05) is 19.5 Å². The molecule has 0 saturated heterocycles. The van der Waals surface area contributed by atoms with Crippen LogP contribution < -0.4 is 4.90 Å². The lowest BCUT2D eigenvalue weighted by atomic mass is 10.1. The van der Waals surface area contributed by atoms with E-state index in [1.807, 2.05) is 6.07 Å². The van der Waals surface area contributed by atoms with Crippen LogP contribution in [-0.2, 0) is 5.88 Å². The van der Waals surface area contributed by atoms with Gasteiger partial charge in [0.15, 0.2) is 0 Å². The first kappa shape index (κ1) is 14.7. The lowest BCUT2D eigenvalue weighted by Gasteiger charge is -2.21. The van der Waals surface area contributed by atoms with Gasteiger partial charge in [0.25, 0.3) is 0 Å². The molecule has 0 aromatic heterocycles. The Morgan fingerprint density at radius 2 is 2.06 bits per heavy atom. The molecular formula is C12H12ClF3N2. The second-order valence-corrected chi connectivity index (χ2v) is 4.15. The Kier molecular flexibility index (Phi) is 4.85. The molecule has 18 heavy (non-hydrogen) atoms. The molecule has 0 aliphatic heterocycles. The Bertz CT molecular complexity index is 452. The average Bonchev–Trinajstić information content (AvgIpc) is 2.34. The average molecular weight is 277 g/mol. The van der Waals surface area contributed by atoms with Gasteiger partial charge in [-0.15, -0.1) is 11.6 Å². The third-order valence-corrected chi connectivity index (χ3v) is 2.79. The number of halogens is 4. The number of hydrogen-bond donors (Lipinski definition) is 0. The maximum Gasteiger partial charge on any atom is 0.390 e. The van der Waals surface area contributed by atoms with Crippen molar-refractivity contribution in [1.29, 1.82) is 5.26 Å². The Labute approximate surface area is 109 Å². The summed E-state index contributed by atoms with van der Waals surface area (Å²) in [6.45, 7) is -0.182. The molecule has 1 rings (SSSR count). The summed E-state index contributed by atoms with van der Waals surface area (Å²) in [5, 5.41) is 8.97. The van der Waals surface area contributed by atoms with Crippen LogP contribution in [0.25, 0.3) is 0 Å². The van der Waals surface area contributed by atoms with Crippen LogP contribution in [0.15, 0.2) is 18.2 Å². The Morgan fingerprint density at radius 3 is 2.56 bits per heavy atom. The van der Waals surface area contributed by atoms with Crippen molar-refractivity contribution in [2.45, 2.75) is 18.5 Å². The number of nitriles is 1. The predicted octanol–water partition coefficient (Wildman–Crippen LogP) is 3.69. The molecule has 0 heterocycles. The lowest BCUT2D eigenvalue weighted by molar-refractivity contribution is -0.132. The zero-order chi connectivity index (χ0) is 13.8. The molecule has 1 aromatic rings. The summed E-state index contributed by atoms with van der Waals surface area (Å²) in [5.41, 5.74) is 1.58. The van der Waals surface area contributed by atoms with Crippen LogP contribution in [0.5, 0.6) is 0 Å². The van der Waals surface area contributed by atoms with Crippen molar-refractivity contribution in [3.63, 3.8) is 0 Å². The minimum absolute atomic E-state index is 0.182. The van der Waals surface area contributed by atoms with Gasteiger partial charge < -0.3 is 4.90 Å². The van der Waals surface area contributed by atoms with E-state index in [0.29, 0.717) is 11.3 Å². The Balaban J connectivity index is 2.86. The van der Waals surface area contributed by atoms with E-state index in [1.165, 1.54) is 11.9 Å². The minimum Gasteiger partial charge on any atom is -0.373 e. The van der Waals surface area contributed by atoms with Gasteiger partial charge in [-0.05, 0) is 17.7 Å². The van der Waals surface area contributed by atoms with E-state index >= 15 is 0 Å². The third-order valence-electron chi connectivity index (χ3n) is 2.48. The zero-order valence-corrected chi connectivity index (χ0v) is 10.5. The highest BCUT2D eigenvalue weighted by molar-refractivity contribution is 6.17. The normalized spacial score (nSPS) is 11.1. The number of hydrogen-bond acceptors (Lipinski definition) is 2. The molecule has 0 N–H and O–H groups in total. The van der Waals surface area contributed by atoms with Crippen molar-refractivity contribution in [1.82, 2.24) is 0 Å². The molecule has 0 fully saturated rings. The molecule has 2 nitrogen and oxygen atoms in total. The number of alkyl halides is 4. The zero-order valence-electron chi connectivity index (χ0n) is 9.76. The van der Waals surface area contributed by atoms with Crippen LogP contribution >= 0.6 is 11.6 Å². The first-order chi connectivity index (χ1) is 8.37. The van der Waals surface area contributed by atoms with Gasteiger partial charge in [-0.25, -0.2) is 0 Å². The summed E-state index contributed by atoms with van der Waals surface area (Å²) in [4.78, 5) is 1.42. The molecule has 0 aliphatic carbocycles. The second kappa shape index (κ2) is 5.96. The quantitative estimate of drug-likeness (QED) is 0.784. The van der Waals surface area contributed by atoms with Gasteiger partial charge >= 0.3 is 6.18 Å². The monoisotopic (exact) mass is 276 g/mol. The lowest BCUT2D eigenvalue weighted by Crippen LogP contribution is -2.24. The highest BCUT2D eigenvalue weighted by atomic mass is 35.5. The predicted molar refractivity (Wildman–Crippen MR) is 64.7 cm³/mol. The van der Waals surface area contributed by atoms with E-state index in [4.69, 9.17) is 16.9 Å². The molecule has 0 bridgehead atoms. The number of benzene rings is 1. The fraction of sp³-hybridized carbons (Fsp3) is 0.417. The molecule has 0 unspecified atom stereocenters. The SMILES string of the molecule is CN(CCC(F)(F)F)c1ccc(CCl)cc1C#N. The molecule has 98 valence electrons. The number of rotatable bonds is 4. The van der Waals surface area contributed by atoms with Crippen LogP contribution in [0.3, 0.4) is 0 Å². The van der Waals surface area contributed by atoms with E-state index in [1.54, 1.807) is 18.2 Å². The van der Waals surface area contributed by atoms with Crippen LogP contribution in [0.1, 0.15) is 17.5 Å². The van der Waals surface area contributed by atoms with Gasteiger partial charge in [-0.2, -0.15) is 18.4 Å². The van der Waals surface area contributed by atoms with E-state index in [0.717, 1.165) is 5.56 Å². The van der Waals surface area contributed by atoms with Crippen molar-refractivity contribution in [2.75, 3.05) is 18.5 Å². The summed E-state index contributed by atoms with van der Waals surface area (Å²) in [5.74, 6) is 0.265. The smallest absolute Gasteiger partial charge is 0.373 e. The van der Waals surface area contributed by atoms with Crippen molar-refractivity contribution in [2.24, 2.45) is 0 Å². The summed E-state index contributed by atoms with van der Waals surface area (Å²) in [6, 6.07) is 6.88. The molecule has 0 spiro atoms. The largest absolute Gasteiger partial charge is 0.390 e. The summed E-state index contributed by atoms with van der Waals surface area (Å²) >= 11 is 5.64. The molecule has 0 amide bonds. The van der Waals surface area contributed by atoms with Crippen LogP contribution in [0.4, 0.5) is 18.9 Å². The summed E-state index contributed by atoms with van der Waals surface area (Å²) < 4.78 is 36.4. The molecule has 0 saturated carbocycles. The van der Waals surface area contributed by atoms with Gasteiger partial charge in [0.1, 0.15) is 6.07 Å². The second-order valence-electron chi connectivity index (χ2n) is 3.88. The summed E-state index contributed by atoms with van der Waals surface area (Å²) in [6.07, 6.45) is -5.11. The fourth-order valence-corrected chi connectivity index (χ4v) is 1.67. The maximum absolute atomic E-state index is 12.1. The Morgan fingerprint density at radius 1 is 1.39 bits per heavy atom. The van der Waals surface area contributed by atoms with Gasteiger partial charge in [0.2, 0.25) is 0 Å². The van der Waals surface area contributed by atoms with Gasteiger partial charge in [0.05, 0.1) is 17.7 Å². The topological polar surface area (TPSA) is 27.0 Å². The fourth-order valence-electron chi connectivity index (χ4n) is 1.50. The van der Waals surface area contributed by atoms with E-state index in [9.17, 15) is 13.2 Å².